The predicted octanol–water partition coefficient (Wildman–Crippen LogP) is 4.61. The van der Waals surface area contributed by atoms with Gasteiger partial charge in [-0.05, 0) is 37.1 Å². The molecule has 2 N–H and O–H groups in total. The van der Waals surface area contributed by atoms with Crippen LogP contribution in [0.1, 0.15) is 12.8 Å². The number of piperidine rings is 1. The number of nitrogens with zero attached hydrogens (tertiary/aromatic N) is 2. The Labute approximate surface area is 155 Å². The van der Waals surface area contributed by atoms with E-state index in [0.717, 1.165) is 37.3 Å². The summed E-state index contributed by atoms with van der Waals surface area (Å²) in [5.41, 5.74) is 2.14. The van der Waals surface area contributed by atoms with Gasteiger partial charge in [0, 0.05) is 36.6 Å². The maximum absolute atomic E-state index is 10.8. The van der Waals surface area contributed by atoms with E-state index in [0.29, 0.717) is 5.69 Å². The van der Waals surface area contributed by atoms with Gasteiger partial charge in [0.1, 0.15) is 0 Å². The van der Waals surface area contributed by atoms with Crippen molar-refractivity contribution in [3.63, 3.8) is 0 Å². The van der Waals surface area contributed by atoms with Crippen molar-refractivity contribution >= 4 is 46.0 Å². The van der Waals surface area contributed by atoms with E-state index in [2.05, 4.69) is 10.2 Å². The molecule has 1 heterocycles. The molecule has 1 saturated heterocycles. The number of nitro groups is 1. The summed E-state index contributed by atoms with van der Waals surface area (Å²) in [5.74, 6) is 0. The van der Waals surface area contributed by atoms with E-state index in [1.165, 1.54) is 12.1 Å². The molecule has 25 heavy (non-hydrogen) atoms. The van der Waals surface area contributed by atoms with E-state index in [1.807, 2.05) is 24.3 Å². The molecule has 1 fully saturated rings. The topological polar surface area (TPSA) is 78.6 Å². The van der Waals surface area contributed by atoms with E-state index < -0.39 is 4.92 Å². The van der Waals surface area contributed by atoms with Gasteiger partial charge >= 0.3 is 0 Å². The highest BCUT2D eigenvalue weighted by Crippen LogP contribution is 2.36. The molecule has 0 amide bonds. The zero-order chi connectivity index (χ0) is 18.0. The largest absolute Gasteiger partial charge is 0.393 e. The van der Waals surface area contributed by atoms with Crippen LogP contribution in [0.3, 0.4) is 0 Å². The number of nitro benzene ring substituents is 1. The molecule has 0 spiro atoms. The fourth-order valence-electron chi connectivity index (χ4n) is 2.81. The van der Waals surface area contributed by atoms with E-state index in [-0.39, 0.29) is 21.8 Å². The number of benzene rings is 2. The molecule has 0 radical (unpaired) electrons. The van der Waals surface area contributed by atoms with Crippen LogP contribution in [0.4, 0.5) is 22.7 Å². The van der Waals surface area contributed by atoms with Gasteiger partial charge in [-0.3, -0.25) is 10.1 Å². The molecule has 0 saturated carbocycles. The monoisotopic (exact) mass is 381 g/mol. The Hall–Kier alpha value is -2.02. The van der Waals surface area contributed by atoms with Gasteiger partial charge < -0.3 is 15.3 Å². The lowest BCUT2D eigenvalue weighted by Crippen LogP contribution is -2.35. The SMILES string of the molecule is O=[N+]([O-])c1cc(Cl)c(Nc2ccc(N3CCC(O)CC3)cc2)c(Cl)c1. The first-order valence-electron chi connectivity index (χ1n) is 7.87. The highest BCUT2D eigenvalue weighted by atomic mass is 35.5. The van der Waals surface area contributed by atoms with Crippen LogP contribution < -0.4 is 10.2 Å². The van der Waals surface area contributed by atoms with Crippen LogP contribution in [0.15, 0.2) is 36.4 Å². The van der Waals surface area contributed by atoms with E-state index in [4.69, 9.17) is 23.2 Å². The molecule has 132 valence electrons. The number of non-ortho nitro benzene ring substituents is 1. The molecule has 0 bridgehead atoms. The zero-order valence-electron chi connectivity index (χ0n) is 13.3. The number of rotatable bonds is 4. The first-order chi connectivity index (χ1) is 11.9. The maximum Gasteiger partial charge on any atom is 0.272 e. The number of aliphatic hydroxyl groups excluding tert-OH is 1. The molecule has 8 heteroatoms. The maximum atomic E-state index is 10.8. The molecule has 0 aliphatic carbocycles. The summed E-state index contributed by atoms with van der Waals surface area (Å²) in [6, 6.07) is 10.3. The molecule has 1 aliphatic rings. The summed E-state index contributed by atoms with van der Waals surface area (Å²) in [7, 11) is 0. The molecule has 2 aromatic carbocycles. The van der Waals surface area contributed by atoms with Crippen LogP contribution in [-0.2, 0) is 0 Å². The lowest BCUT2D eigenvalue weighted by atomic mass is 10.1. The molecule has 0 unspecified atom stereocenters. The molecule has 3 rings (SSSR count). The minimum absolute atomic E-state index is 0.150. The van der Waals surface area contributed by atoms with Crippen LogP contribution in [0, 0.1) is 10.1 Å². The van der Waals surface area contributed by atoms with Gasteiger partial charge in [0.15, 0.2) is 0 Å². The van der Waals surface area contributed by atoms with Gasteiger partial charge in [-0.2, -0.15) is 0 Å². The highest BCUT2D eigenvalue weighted by Gasteiger charge is 2.18. The molecule has 1 aliphatic heterocycles. The van der Waals surface area contributed by atoms with Crippen LogP contribution >= 0.6 is 23.2 Å². The van der Waals surface area contributed by atoms with Crippen molar-refractivity contribution < 1.29 is 10.0 Å². The van der Waals surface area contributed by atoms with Crippen molar-refractivity contribution in [3.05, 3.63) is 56.6 Å². The fraction of sp³-hybridized carbons (Fsp3) is 0.294. The standard InChI is InChI=1S/C17H17Cl2N3O3/c18-15-9-13(22(24)25)10-16(19)17(15)20-11-1-3-12(4-2-11)21-7-5-14(23)6-8-21/h1-4,9-10,14,20,23H,5-8H2. The lowest BCUT2D eigenvalue weighted by Gasteiger charge is -2.31. The third kappa shape index (κ3) is 4.15. The Balaban J connectivity index is 1.75. The minimum atomic E-state index is -0.536. The first-order valence-corrected chi connectivity index (χ1v) is 8.63. The number of aliphatic hydroxyl groups is 1. The number of halogens is 2. The Morgan fingerprint density at radius 3 is 2.20 bits per heavy atom. The molecule has 0 atom stereocenters. The van der Waals surface area contributed by atoms with Crippen LogP contribution in [0.25, 0.3) is 0 Å². The number of hydrogen-bond donors (Lipinski definition) is 2. The van der Waals surface area contributed by atoms with Gasteiger partial charge in [-0.25, -0.2) is 0 Å². The van der Waals surface area contributed by atoms with Gasteiger partial charge in [0.25, 0.3) is 5.69 Å². The average molecular weight is 382 g/mol. The molecular weight excluding hydrogens is 365 g/mol. The minimum Gasteiger partial charge on any atom is -0.393 e. The van der Waals surface area contributed by atoms with Crippen molar-refractivity contribution in [1.82, 2.24) is 0 Å². The van der Waals surface area contributed by atoms with Crippen molar-refractivity contribution in [2.45, 2.75) is 18.9 Å². The van der Waals surface area contributed by atoms with Crippen molar-refractivity contribution in [3.8, 4) is 0 Å². The van der Waals surface area contributed by atoms with Gasteiger partial charge in [0.2, 0.25) is 0 Å². The van der Waals surface area contributed by atoms with Crippen molar-refractivity contribution in [1.29, 1.82) is 0 Å². The molecule has 2 aromatic rings. The van der Waals surface area contributed by atoms with Crippen LogP contribution in [0.5, 0.6) is 0 Å². The fourth-order valence-corrected chi connectivity index (χ4v) is 3.38. The van der Waals surface area contributed by atoms with Gasteiger partial charge in [0.05, 0.1) is 26.8 Å². The first kappa shape index (κ1) is 17.8. The zero-order valence-corrected chi connectivity index (χ0v) is 14.8. The lowest BCUT2D eigenvalue weighted by molar-refractivity contribution is -0.384. The Morgan fingerprint density at radius 1 is 1.12 bits per heavy atom. The third-order valence-electron chi connectivity index (χ3n) is 4.20. The van der Waals surface area contributed by atoms with Gasteiger partial charge in [-0.1, -0.05) is 23.2 Å². The number of anilines is 3. The Morgan fingerprint density at radius 2 is 1.68 bits per heavy atom. The Kier molecular flexibility index (Phi) is 5.32. The highest BCUT2D eigenvalue weighted by molar-refractivity contribution is 6.39. The smallest absolute Gasteiger partial charge is 0.272 e. The quantitative estimate of drug-likeness (QED) is 0.597. The Bertz CT molecular complexity index is 752. The summed E-state index contributed by atoms with van der Waals surface area (Å²) in [4.78, 5) is 12.5. The number of hydrogen-bond acceptors (Lipinski definition) is 5. The second-order valence-corrected chi connectivity index (χ2v) is 6.75. The summed E-state index contributed by atoms with van der Waals surface area (Å²) >= 11 is 12.2. The molecular formula is C17H17Cl2N3O3. The van der Waals surface area contributed by atoms with Crippen LogP contribution in [-0.4, -0.2) is 29.2 Å². The summed E-state index contributed by atoms with van der Waals surface area (Å²) in [6.07, 6.45) is 1.34. The van der Waals surface area contributed by atoms with Crippen molar-refractivity contribution in [2.75, 3.05) is 23.3 Å². The number of nitrogens with one attached hydrogen (secondary N) is 1. The van der Waals surface area contributed by atoms with Gasteiger partial charge in [-0.15, -0.1) is 0 Å². The van der Waals surface area contributed by atoms with Crippen molar-refractivity contribution in [2.24, 2.45) is 0 Å². The second-order valence-electron chi connectivity index (χ2n) is 5.93. The second kappa shape index (κ2) is 7.47. The third-order valence-corrected chi connectivity index (χ3v) is 4.80. The van der Waals surface area contributed by atoms with E-state index >= 15 is 0 Å². The van der Waals surface area contributed by atoms with E-state index in [1.54, 1.807) is 0 Å². The van der Waals surface area contributed by atoms with Crippen LogP contribution in [0.2, 0.25) is 10.0 Å². The molecule has 0 aromatic heterocycles. The molecule has 6 nitrogen and oxygen atoms in total. The van der Waals surface area contributed by atoms with E-state index in [9.17, 15) is 15.2 Å². The average Bonchev–Trinajstić information content (AvgIpc) is 2.59. The summed E-state index contributed by atoms with van der Waals surface area (Å²) < 4.78 is 0. The predicted molar refractivity (Wildman–Crippen MR) is 100 cm³/mol. The summed E-state index contributed by atoms with van der Waals surface area (Å²) in [5, 5.41) is 23.9. The normalized spacial score (nSPS) is 15.2. The summed E-state index contributed by atoms with van der Waals surface area (Å²) in [6.45, 7) is 1.65.